The summed E-state index contributed by atoms with van der Waals surface area (Å²) in [5, 5.41) is 3.36. The maximum absolute atomic E-state index is 5.90. The quantitative estimate of drug-likeness (QED) is 0.838. The Balaban J connectivity index is 2.99. The molecule has 0 aliphatic rings. The summed E-state index contributed by atoms with van der Waals surface area (Å²) in [4.78, 5) is 4.48. The van der Waals surface area contributed by atoms with E-state index in [4.69, 9.17) is 5.73 Å². The van der Waals surface area contributed by atoms with Gasteiger partial charge in [0.2, 0.25) is 0 Å². The van der Waals surface area contributed by atoms with E-state index in [-0.39, 0.29) is 6.04 Å². The molecule has 0 aliphatic carbocycles. The first-order valence-corrected chi connectivity index (χ1v) is 6.11. The van der Waals surface area contributed by atoms with E-state index < -0.39 is 0 Å². The molecule has 1 aromatic heterocycles. The summed E-state index contributed by atoms with van der Waals surface area (Å²) < 4.78 is 0. The molecule has 3 nitrogen and oxygen atoms in total. The van der Waals surface area contributed by atoms with E-state index in [2.05, 4.69) is 30.2 Å². The summed E-state index contributed by atoms with van der Waals surface area (Å²) in [6.45, 7) is 10.3. The van der Waals surface area contributed by atoms with Gasteiger partial charge in [0.25, 0.3) is 0 Å². The number of hydrogen-bond donors (Lipinski definition) is 2. The molecule has 0 spiro atoms. The molecule has 17 heavy (non-hydrogen) atoms. The van der Waals surface area contributed by atoms with Crippen molar-refractivity contribution < 1.29 is 0 Å². The summed E-state index contributed by atoms with van der Waals surface area (Å²) in [5.74, 6) is 1.33. The van der Waals surface area contributed by atoms with E-state index in [9.17, 15) is 0 Å². The third-order valence-electron chi connectivity index (χ3n) is 2.71. The number of rotatable bonds is 4. The van der Waals surface area contributed by atoms with Crippen LogP contribution in [-0.2, 0) is 0 Å². The van der Waals surface area contributed by atoms with Crippen LogP contribution in [0.5, 0.6) is 0 Å². The van der Waals surface area contributed by atoms with Crippen molar-refractivity contribution in [3.05, 3.63) is 35.2 Å². The van der Waals surface area contributed by atoms with Gasteiger partial charge in [-0.25, -0.2) is 4.98 Å². The summed E-state index contributed by atoms with van der Waals surface area (Å²) in [7, 11) is 0. The molecule has 3 N–H and O–H groups in total. The number of aryl methyl sites for hydroxylation is 1. The third-order valence-corrected chi connectivity index (χ3v) is 2.71. The van der Waals surface area contributed by atoms with Crippen LogP contribution in [0, 0.1) is 12.8 Å². The van der Waals surface area contributed by atoms with Gasteiger partial charge < -0.3 is 11.1 Å². The SMILES string of the molecule is C/C=C(\Nc1cc(C(C)N)cc(C)n1)C(C)C. The Morgan fingerprint density at radius 1 is 1.35 bits per heavy atom. The number of aromatic nitrogens is 1. The second-order valence-electron chi connectivity index (χ2n) is 4.74. The first-order chi connectivity index (χ1) is 7.93. The number of pyridine rings is 1. The Morgan fingerprint density at radius 2 is 2.00 bits per heavy atom. The standard InChI is InChI=1S/C14H23N3/c1-6-13(9(2)3)17-14-8-12(11(5)15)7-10(4)16-14/h6-9,11H,15H2,1-5H3,(H,16,17)/b13-6-. The van der Waals surface area contributed by atoms with Gasteiger partial charge in [0.15, 0.2) is 0 Å². The van der Waals surface area contributed by atoms with Crippen molar-refractivity contribution in [3.63, 3.8) is 0 Å². The highest BCUT2D eigenvalue weighted by Gasteiger charge is 2.07. The predicted molar refractivity (Wildman–Crippen MR) is 73.8 cm³/mol. The fourth-order valence-electron chi connectivity index (χ4n) is 1.72. The van der Waals surface area contributed by atoms with E-state index in [1.165, 1.54) is 5.70 Å². The maximum atomic E-state index is 5.90. The Morgan fingerprint density at radius 3 is 2.47 bits per heavy atom. The van der Waals surface area contributed by atoms with Crippen molar-refractivity contribution >= 4 is 5.82 Å². The molecular weight excluding hydrogens is 210 g/mol. The van der Waals surface area contributed by atoms with Crippen LogP contribution in [0.3, 0.4) is 0 Å². The van der Waals surface area contributed by atoms with Crippen molar-refractivity contribution in [1.82, 2.24) is 4.98 Å². The lowest BCUT2D eigenvalue weighted by Gasteiger charge is -2.15. The zero-order valence-corrected chi connectivity index (χ0v) is 11.4. The van der Waals surface area contributed by atoms with Gasteiger partial charge in [0, 0.05) is 17.4 Å². The first-order valence-electron chi connectivity index (χ1n) is 6.11. The van der Waals surface area contributed by atoms with Gasteiger partial charge in [-0.2, -0.15) is 0 Å². The van der Waals surface area contributed by atoms with E-state index in [1.807, 2.05) is 32.9 Å². The van der Waals surface area contributed by atoms with Crippen molar-refractivity contribution in [3.8, 4) is 0 Å². The molecule has 94 valence electrons. The van der Waals surface area contributed by atoms with Crippen molar-refractivity contribution in [2.24, 2.45) is 11.7 Å². The van der Waals surface area contributed by atoms with E-state index >= 15 is 0 Å². The molecule has 3 heteroatoms. The number of nitrogens with zero attached hydrogens (tertiary/aromatic N) is 1. The summed E-state index contributed by atoms with van der Waals surface area (Å²) in [5.41, 5.74) is 9.18. The smallest absolute Gasteiger partial charge is 0.130 e. The normalized spacial score (nSPS) is 13.9. The van der Waals surface area contributed by atoms with Crippen molar-refractivity contribution in [2.45, 2.75) is 40.7 Å². The van der Waals surface area contributed by atoms with Crippen molar-refractivity contribution in [1.29, 1.82) is 0 Å². The minimum Gasteiger partial charge on any atom is -0.344 e. The molecule has 0 bridgehead atoms. The molecular formula is C14H23N3. The molecule has 1 aromatic rings. The van der Waals surface area contributed by atoms with Crippen LogP contribution in [0.4, 0.5) is 5.82 Å². The number of anilines is 1. The molecule has 0 saturated carbocycles. The van der Waals surface area contributed by atoms with Crippen LogP contribution in [0.2, 0.25) is 0 Å². The van der Waals surface area contributed by atoms with Crippen LogP contribution in [-0.4, -0.2) is 4.98 Å². The molecule has 1 rings (SSSR count). The second-order valence-corrected chi connectivity index (χ2v) is 4.74. The van der Waals surface area contributed by atoms with E-state index in [0.29, 0.717) is 5.92 Å². The highest BCUT2D eigenvalue weighted by Crippen LogP contribution is 2.19. The maximum Gasteiger partial charge on any atom is 0.130 e. The van der Waals surface area contributed by atoms with Gasteiger partial charge in [-0.3, -0.25) is 0 Å². The fraction of sp³-hybridized carbons (Fsp3) is 0.500. The highest BCUT2D eigenvalue weighted by atomic mass is 15.0. The van der Waals surface area contributed by atoms with Gasteiger partial charge >= 0.3 is 0 Å². The van der Waals surface area contributed by atoms with E-state index in [1.54, 1.807) is 0 Å². The van der Waals surface area contributed by atoms with Gasteiger partial charge in [-0.05, 0) is 44.4 Å². The summed E-state index contributed by atoms with van der Waals surface area (Å²) >= 11 is 0. The average molecular weight is 233 g/mol. The van der Waals surface area contributed by atoms with E-state index in [0.717, 1.165) is 17.1 Å². The Hall–Kier alpha value is -1.35. The minimum atomic E-state index is 0.0327. The van der Waals surface area contributed by atoms with Gasteiger partial charge in [-0.1, -0.05) is 19.9 Å². The fourth-order valence-corrected chi connectivity index (χ4v) is 1.72. The first kappa shape index (κ1) is 13.7. The molecule has 0 fully saturated rings. The number of nitrogens with one attached hydrogen (secondary N) is 1. The van der Waals surface area contributed by atoms with Crippen LogP contribution >= 0.6 is 0 Å². The average Bonchev–Trinajstić information content (AvgIpc) is 2.24. The van der Waals surface area contributed by atoms with Gasteiger partial charge in [0.1, 0.15) is 5.82 Å². The molecule has 0 aromatic carbocycles. The zero-order chi connectivity index (χ0) is 13.0. The lowest BCUT2D eigenvalue weighted by atomic mass is 10.1. The summed E-state index contributed by atoms with van der Waals surface area (Å²) in [6, 6.07) is 4.08. The number of nitrogens with two attached hydrogens (primary N) is 1. The van der Waals surface area contributed by atoms with Crippen LogP contribution < -0.4 is 11.1 Å². The molecule has 0 amide bonds. The minimum absolute atomic E-state index is 0.0327. The molecule has 0 radical (unpaired) electrons. The molecule has 1 unspecified atom stereocenters. The second kappa shape index (κ2) is 5.82. The molecule has 1 atom stereocenters. The lowest BCUT2D eigenvalue weighted by Crippen LogP contribution is -2.10. The highest BCUT2D eigenvalue weighted by molar-refractivity contribution is 5.45. The van der Waals surface area contributed by atoms with Crippen LogP contribution in [0.25, 0.3) is 0 Å². The predicted octanol–water partition coefficient (Wildman–Crippen LogP) is 3.38. The Bertz CT molecular complexity index is 406. The van der Waals surface area contributed by atoms with Crippen LogP contribution in [0.1, 0.15) is 45.0 Å². The topological polar surface area (TPSA) is 50.9 Å². The number of allylic oxidation sites excluding steroid dienone is 2. The summed E-state index contributed by atoms with van der Waals surface area (Å²) in [6.07, 6.45) is 2.08. The Kier molecular flexibility index (Phi) is 4.70. The Labute approximate surface area is 104 Å². The zero-order valence-electron chi connectivity index (χ0n) is 11.4. The third kappa shape index (κ3) is 3.86. The largest absolute Gasteiger partial charge is 0.344 e. The monoisotopic (exact) mass is 233 g/mol. The van der Waals surface area contributed by atoms with Crippen LogP contribution in [0.15, 0.2) is 23.9 Å². The molecule has 0 saturated heterocycles. The molecule has 1 heterocycles. The van der Waals surface area contributed by atoms with Crippen molar-refractivity contribution in [2.75, 3.05) is 5.32 Å². The lowest BCUT2D eigenvalue weighted by molar-refractivity contribution is 0.768. The molecule has 0 aliphatic heterocycles. The van der Waals surface area contributed by atoms with Gasteiger partial charge in [-0.15, -0.1) is 0 Å². The number of hydrogen-bond acceptors (Lipinski definition) is 3. The van der Waals surface area contributed by atoms with Gasteiger partial charge in [0.05, 0.1) is 0 Å².